The van der Waals surface area contributed by atoms with E-state index in [0.29, 0.717) is 34.0 Å². The highest BCUT2D eigenvalue weighted by molar-refractivity contribution is 8.03. The van der Waals surface area contributed by atoms with Crippen LogP contribution in [0, 0.1) is 13.8 Å². The first kappa shape index (κ1) is 18.8. The minimum atomic E-state index is -1.13. The van der Waals surface area contributed by atoms with Crippen LogP contribution in [0.25, 0.3) is 0 Å². The van der Waals surface area contributed by atoms with Crippen molar-refractivity contribution in [3.8, 4) is 0 Å². The van der Waals surface area contributed by atoms with Crippen molar-refractivity contribution in [2.45, 2.75) is 44.2 Å². The highest BCUT2D eigenvalue weighted by atomic mass is 32.2. The fourth-order valence-electron chi connectivity index (χ4n) is 3.72. The lowest BCUT2D eigenvalue weighted by Gasteiger charge is -2.35. The summed E-state index contributed by atoms with van der Waals surface area (Å²) in [5.41, 5.74) is 2.87. The number of cyclic esters (lactones) is 1. The first-order valence-electron chi connectivity index (χ1n) is 9.46. The Morgan fingerprint density at radius 1 is 1.23 bits per heavy atom. The zero-order valence-corrected chi connectivity index (χ0v) is 17.1. The number of carbonyl (C=O) groups is 3. The van der Waals surface area contributed by atoms with Gasteiger partial charge < -0.3 is 14.4 Å². The smallest absolute Gasteiger partial charge is 0.359 e. The van der Waals surface area contributed by atoms with E-state index in [1.807, 2.05) is 13.8 Å². The number of hydrogen-bond donors (Lipinski definition) is 0. The summed E-state index contributed by atoms with van der Waals surface area (Å²) in [6, 6.07) is 6.69. The summed E-state index contributed by atoms with van der Waals surface area (Å²) in [5, 5.41) is 0.506. The summed E-state index contributed by atoms with van der Waals surface area (Å²) in [5.74, 6) is -1.38. The zero-order chi connectivity index (χ0) is 21.0. The molecule has 5 rings (SSSR count). The van der Waals surface area contributed by atoms with E-state index < -0.39 is 18.2 Å². The number of fused-ring (bicyclic) bond motifs is 2. The largest absolute Gasteiger partial charge is 0.417 e. The summed E-state index contributed by atoms with van der Waals surface area (Å²) >= 11 is 1.26. The predicted molar refractivity (Wildman–Crippen MR) is 105 cm³/mol. The molecule has 2 aromatic rings. The molecule has 2 atom stereocenters. The number of aromatic nitrogens is 2. The predicted octanol–water partition coefficient (Wildman–Crippen LogP) is 2.81. The average Bonchev–Trinajstić information content (AvgIpc) is 3.19. The van der Waals surface area contributed by atoms with Gasteiger partial charge in [-0.2, -0.15) is 0 Å². The maximum atomic E-state index is 13.1. The Morgan fingerprint density at radius 2 is 2.03 bits per heavy atom. The summed E-state index contributed by atoms with van der Waals surface area (Å²) in [4.78, 5) is 48.2. The molecular formula is C21H17N3O5S. The number of nitrogens with zero attached hydrogens (tertiary/aromatic N) is 3. The Morgan fingerprint density at radius 3 is 2.80 bits per heavy atom. The number of β-lactam (4-membered cyclic amide) rings is 1. The van der Waals surface area contributed by atoms with Crippen LogP contribution in [0.4, 0.5) is 0 Å². The Bertz CT molecular complexity index is 1150. The van der Waals surface area contributed by atoms with Gasteiger partial charge in [-0.3, -0.25) is 4.79 Å². The molecule has 1 aromatic heterocycles. The van der Waals surface area contributed by atoms with E-state index in [1.165, 1.54) is 16.7 Å². The van der Waals surface area contributed by atoms with Crippen LogP contribution in [0.2, 0.25) is 0 Å². The van der Waals surface area contributed by atoms with Gasteiger partial charge in [-0.05, 0) is 25.5 Å². The van der Waals surface area contributed by atoms with Gasteiger partial charge in [0.2, 0.25) is 5.91 Å². The molecule has 30 heavy (non-hydrogen) atoms. The number of aryl methyl sites for hydroxylation is 2. The van der Waals surface area contributed by atoms with Crippen LogP contribution in [0.1, 0.15) is 46.3 Å². The lowest BCUT2D eigenvalue weighted by molar-refractivity contribution is -0.168. The lowest BCUT2D eigenvalue weighted by Crippen LogP contribution is -2.49. The fourth-order valence-corrected chi connectivity index (χ4v) is 4.78. The topological polar surface area (TPSA) is 98.7 Å². The van der Waals surface area contributed by atoms with Crippen LogP contribution < -0.4 is 0 Å². The minimum absolute atomic E-state index is 0.0625. The normalized spacial score (nSPS) is 21.9. The molecule has 8 nitrogen and oxygen atoms in total. The molecule has 1 amide bonds. The van der Waals surface area contributed by atoms with Crippen molar-refractivity contribution in [2.75, 3.05) is 0 Å². The van der Waals surface area contributed by atoms with E-state index >= 15 is 0 Å². The molecular weight excluding hydrogens is 406 g/mol. The molecule has 1 saturated heterocycles. The number of rotatable bonds is 4. The molecule has 0 N–H and O–H groups in total. The van der Waals surface area contributed by atoms with Gasteiger partial charge in [0.05, 0.1) is 11.6 Å². The van der Waals surface area contributed by atoms with E-state index in [0.717, 1.165) is 11.3 Å². The maximum absolute atomic E-state index is 13.1. The first-order valence-corrected chi connectivity index (χ1v) is 10.3. The number of amides is 1. The molecule has 1 aromatic carbocycles. The second kappa shape index (κ2) is 6.94. The molecule has 0 aliphatic carbocycles. The van der Waals surface area contributed by atoms with Crippen molar-refractivity contribution in [2.24, 2.45) is 0 Å². The molecule has 3 aliphatic heterocycles. The monoisotopic (exact) mass is 423 g/mol. The Hall–Kier alpha value is -3.20. The molecule has 0 saturated carbocycles. The van der Waals surface area contributed by atoms with Crippen molar-refractivity contribution < 1.29 is 23.9 Å². The van der Waals surface area contributed by atoms with Crippen molar-refractivity contribution in [1.29, 1.82) is 0 Å². The summed E-state index contributed by atoms with van der Waals surface area (Å²) in [6.07, 6.45) is 1.52. The van der Waals surface area contributed by atoms with Crippen LogP contribution in [-0.2, 0) is 19.1 Å². The molecule has 2 unspecified atom stereocenters. The van der Waals surface area contributed by atoms with Gasteiger partial charge in [0.15, 0.2) is 5.16 Å². The van der Waals surface area contributed by atoms with Gasteiger partial charge in [-0.25, -0.2) is 19.6 Å². The van der Waals surface area contributed by atoms with Crippen LogP contribution in [0.15, 0.2) is 46.2 Å². The SMILES string of the molecule is Cc1cnc(SC2=C(C(=O)OC3OC(=O)c4ccccc43)N3C(=O)CC3C2)nc1C. The Balaban J connectivity index is 1.44. The van der Waals surface area contributed by atoms with Gasteiger partial charge >= 0.3 is 11.9 Å². The number of thioether (sulfide) groups is 1. The minimum Gasteiger partial charge on any atom is -0.417 e. The van der Waals surface area contributed by atoms with E-state index in [1.54, 1.807) is 30.5 Å². The third-order valence-electron chi connectivity index (χ3n) is 5.44. The average molecular weight is 423 g/mol. The summed E-state index contributed by atoms with van der Waals surface area (Å²) in [6.45, 7) is 3.81. The highest BCUT2D eigenvalue weighted by Gasteiger charge is 2.49. The molecule has 1 fully saturated rings. The van der Waals surface area contributed by atoms with E-state index in [4.69, 9.17) is 9.47 Å². The van der Waals surface area contributed by atoms with Crippen molar-refractivity contribution in [3.63, 3.8) is 0 Å². The van der Waals surface area contributed by atoms with Gasteiger partial charge in [0.25, 0.3) is 6.29 Å². The third kappa shape index (κ3) is 2.97. The molecule has 0 spiro atoms. The Kier molecular flexibility index (Phi) is 4.35. The van der Waals surface area contributed by atoms with Crippen molar-refractivity contribution >= 4 is 29.6 Å². The highest BCUT2D eigenvalue weighted by Crippen LogP contribution is 2.45. The second-order valence-electron chi connectivity index (χ2n) is 7.35. The van der Waals surface area contributed by atoms with Gasteiger partial charge in [-0.1, -0.05) is 30.0 Å². The summed E-state index contributed by atoms with van der Waals surface area (Å²) in [7, 11) is 0. The van der Waals surface area contributed by atoms with Crippen LogP contribution in [0.5, 0.6) is 0 Å². The molecule has 4 heterocycles. The van der Waals surface area contributed by atoms with Gasteiger partial charge in [0.1, 0.15) is 5.70 Å². The van der Waals surface area contributed by atoms with Crippen LogP contribution in [-0.4, -0.2) is 38.8 Å². The maximum Gasteiger partial charge on any atom is 0.359 e. The van der Waals surface area contributed by atoms with Crippen molar-refractivity contribution in [3.05, 3.63) is 63.4 Å². The number of carbonyl (C=O) groups excluding carboxylic acids is 3. The van der Waals surface area contributed by atoms with E-state index in [-0.39, 0.29) is 17.6 Å². The van der Waals surface area contributed by atoms with E-state index in [9.17, 15) is 14.4 Å². The van der Waals surface area contributed by atoms with Crippen molar-refractivity contribution in [1.82, 2.24) is 14.9 Å². The van der Waals surface area contributed by atoms with Crippen LogP contribution >= 0.6 is 11.8 Å². The zero-order valence-electron chi connectivity index (χ0n) is 16.2. The molecule has 152 valence electrons. The number of hydrogen-bond acceptors (Lipinski definition) is 8. The van der Waals surface area contributed by atoms with Gasteiger partial charge in [-0.15, -0.1) is 0 Å². The van der Waals surface area contributed by atoms with Gasteiger partial charge in [0, 0.05) is 35.2 Å². The molecule has 0 radical (unpaired) electrons. The number of esters is 2. The quantitative estimate of drug-likeness (QED) is 0.421. The molecule has 3 aliphatic rings. The third-order valence-corrected chi connectivity index (χ3v) is 6.43. The second-order valence-corrected chi connectivity index (χ2v) is 8.41. The number of benzene rings is 1. The Labute approximate surface area is 176 Å². The first-order chi connectivity index (χ1) is 14.4. The fraction of sp³-hybridized carbons (Fsp3) is 0.286. The molecule has 9 heteroatoms. The lowest BCUT2D eigenvalue weighted by atomic mass is 10.0. The summed E-state index contributed by atoms with van der Waals surface area (Å²) < 4.78 is 10.7. The van der Waals surface area contributed by atoms with E-state index in [2.05, 4.69) is 9.97 Å². The standard InChI is InChI=1S/C21H17N3O5S/c1-10-9-22-21(23-11(10)2)30-15-7-12-8-16(25)24(12)17(15)19(27)29-20-14-6-4-3-5-13(14)18(26)28-20/h3-6,9,12,20H,7-8H2,1-2H3. The number of ether oxygens (including phenoxy) is 2. The van der Waals surface area contributed by atoms with Crippen LogP contribution in [0.3, 0.4) is 0 Å². The molecule has 0 bridgehead atoms.